The Labute approximate surface area is 155 Å². The number of carbonyl (C=O) groups is 2. The number of carbonyl (C=O) groups excluding carboxylic acids is 2. The topological polar surface area (TPSA) is 72.0 Å². The molecule has 0 spiro atoms. The van der Waals surface area contributed by atoms with Gasteiger partial charge in [-0.2, -0.15) is 13.2 Å². The van der Waals surface area contributed by atoms with E-state index < -0.39 is 18.4 Å². The molecule has 140 valence electrons. The summed E-state index contributed by atoms with van der Waals surface area (Å²) in [7, 11) is 0. The summed E-state index contributed by atoms with van der Waals surface area (Å²) in [5.74, 6) is -1.70. The largest absolute Gasteiger partial charge is 0.449 e. The first-order chi connectivity index (χ1) is 12.4. The normalized spacial score (nSPS) is 14.4. The van der Waals surface area contributed by atoms with Crippen molar-refractivity contribution in [1.29, 1.82) is 0 Å². The summed E-state index contributed by atoms with van der Waals surface area (Å²) in [5.41, 5.74) is 0.383. The molecule has 0 aromatic carbocycles. The highest BCUT2D eigenvalue weighted by molar-refractivity contribution is 7.20. The van der Waals surface area contributed by atoms with Crippen molar-refractivity contribution < 1.29 is 22.8 Å². The highest BCUT2D eigenvalue weighted by Crippen LogP contribution is 2.46. The lowest BCUT2D eigenvalue weighted by Crippen LogP contribution is -2.26. The number of hydrogen-bond acceptors (Lipinski definition) is 6. The van der Waals surface area contributed by atoms with Crippen LogP contribution in [0.15, 0.2) is 11.6 Å². The van der Waals surface area contributed by atoms with Gasteiger partial charge in [0.25, 0.3) is 5.91 Å². The maximum atomic E-state index is 12.4. The molecule has 0 saturated heterocycles. The summed E-state index contributed by atoms with van der Waals surface area (Å²) in [6.07, 6.45) is -1.23. The van der Waals surface area contributed by atoms with Gasteiger partial charge in [-0.3, -0.25) is 9.59 Å². The number of amides is 1. The van der Waals surface area contributed by atoms with E-state index in [-0.39, 0.29) is 18.9 Å². The molecule has 0 aliphatic heterocycles. The third-order valence-corrected chi connectivity index (χ3v) is 6.00. The van der Waals surface area contributed by atoms with Gasteiger partial charge in [0.15, 0.2) is 10.0 Å². The highest BCUT2D eigenvalue weighted by Gasteiger charge is 2.37. The van der Waals surface area contributed by atoms with Gasteiger partial charge in [-0.15, -0.1) is 22.7 Å². The molecule has 1 N–H and O–H groups in total. The fourth-order valence-corrected chi connectivity index (χ4v) is 4.29. The number of unbranched alkanes of at least 4 members (excludes halogenated alkanes) is 1. The van der Waals surface area contributed by atoms with Crippen LogP contribution in [0.4, 0.5) is 13.2 Å². The van der Waals surface area contributed by atoms with E-state index in [9.17, 15) is 22.8 Å². The number of alkyl halides is 3. The van der Waals surface area contributed by atoms with Crippen LogP contribution in [0.5, 0.6) is 0 Å². The number of aromatic nitrogens is 2. The molecule has 1 aliphatic carbocycles. The zero-order valence-corrected chi connectivity index (χ0v) is 15.3. The van der Waals surface area contributed by atoms with Crippen molar-refractivity contribution >= 4 is 34.4 Å². The monoisotopic (exact) mass is 403 g/mol. The summed E-state index contributed by atoms with van der Waals surface area (Å²) in [4.78, 5) is 32.8. The Morgan fingerprint density at radius 1 is 1.23 bits per heavy atom. The third kappa shape index (κ3) is 4.67. The molecule has 1 fully saturated rings. The molecule has 1 saturated carbocycles. The van der Waals surface area contributed by atoms with E-state index in [4.69, 9.17) is 0 Å². The van der Waals surface area contributed by atoms with Crippen LogP contribution in [0.3, 0.4) is 0 Å². The van der Waals surface area contributed by atoms with Gasteiger partial charge in [-0.1, -0.05) is 0 Å². The van der Waals surface area contributed by atoms with E-state index in [1.54, 1.807) is 6.20 Å². The van der Waals surface area contributed by atoms with Gasteiger partial charge in [0.2, 0.25) is 5.78 Å². The second-order valence-electron chi connectivity index (χ2n) is 5.98. The number of nitrogens with one attached hydrogen (secondary N) is 1. The molecule has 3 rings (SSSR count). The fraction of sp³-hybridized carbons (Fsp3) is 0.500. The standard InChI is InChI=1S/C16H16F3N3O2S2/c17-16(18,19)10(23)3-1-2-6-20-13(24)11-12(9-4-5-9)26-15(22-11)14-21-7-8-25-14/h7-9H,1-6H2,(H,20,24). The van der Waals surface area contributed by atoms with E-state index in [1.165, 1.54) is 22.7 Å². The smallest absolute Gasteiger partial charge is 0.351 e. The molecule has 10 heteroatoms. The lowest BCUT2D eigenvalue weighted by molar-refractivity contribution is -0.171. The Balaban J connectivity index is 1.54. The summed E-state index contributed by atoms with van der Waals surface area (Å²) in [6, 6.07) is 0. The van der Waals surface area contributed by atoms with Crippen molar-refractivity contribution in [3.63, 3.8) is 0 Å². The zero-order chi connectivity index (χ0) is 18.7. The third-order valence-electron chi connectivity index (χ3n) is 3.86. The molecule has 1 amide bonds. The van der Waals surface area contributed by atoms with Crippen molar-refractivity contribution in [1.82, 2.24) is 15.3 Å². The van der Waals surface area contributed by atoms with Gasteiger partial charge >= 0.3 is 6.18 Å². The fourth-order valence-electron chi connectivity index (χ4n) is 2.38. The predicted molar refractivity (Wildman–Crippen MR) is 92.4 cm³/mol. The number of Topliss-reactive ketones (excluding diaryl/α,β-unsaturated/α-hetero) is 1. The Kier molecular flexibility index (Phi) is 5.71. The van der Waals surface area contributed by atoms with Crippen LogP contribution in [0.25, 0.3) is 10.0 Å². The average Bonchev–Trinajstić information content (AvgIpc) is 3.11. The second kappa shape index (κ2) is 7.83. The van der Waals surface area contributed by atoms with Gasteiger partial charge < -0.3 is 5.32 Å². The first kappa shape index (κ1) is 19.0. The molecule has 0 unspecified atom stereocenters. The minimum Gasteiger partial charge on any atom is -0.351 e. The van der Waals surface area contributed by atoms with E-state index in [0.717, 1.165) is 22.7 Å². The van der Waals surface area contributed by atoms with Gasteiger partial charge in [-0.25, -0.2) is 9.97 Å². The molecule has 2 aromatic heterocycles. The van der Waals surface area contributed by atoms with Gasteiger partial charge in [0, 0.05) is 29.4 Å². The maximum absolute atomic E-state index is 12.4. The molecule has 2 heterocycles. The summed E-state index contributed by atoms with van der Waals surface area (Å²) >= 11 is 2.93. The molecule has 2 aromatic rings. The lowest BCUT2D eigenvalue weighted by atomic mass is 10.1. The molecule has 0 atom stereocenters. The zero-order valence-electron chi connectivity index (χ0n) is 13.6. The number of halogens is 3. The maximum Gasteiger partial charge on any atom is 0.449 e. The molecule has 0 bridgehead atoms. The molecule has 1 aliphatic rings. The van der Waals surface area contributed by atoms with Crippen LogP contribution in [-0.2, 0) is 4.79 Å². The number of nitrogens with zero attached hydrogens (tertiary/aromatic N) is 2. The van der Waals surface area contributed by atoms with E-state index >= 15 is 0 Å². The van der Waals surface area contributed by atoms with Crippen molar-refractivity contribution in [2.45, 2.75) is 44.2 Å². The SMILES string of the molecule is O=C(NCCCCC(=O)C(F)(F)F)c1nc(-c2nccs2)sc1C1CC1. The van der Waals surface area contributed by atoms with E-state index in [2.05, 4.69) is 15.3 Å². The highest BCUT2D eigenvalue weighted by atomic mass is 32.1. The van der Waals surface area contributed by atoms with Crippen LogP contribution in [0.1, 0.15) is 53.4 Å². The first-order valence-corrected chi connectivity index (χ1v) is 9.84. The van der Waals surface area contributed by atoms with Crippen LogP contribution in [0.2, 0.25) is 0 Å². The van der Waals surface area contributed by atoms with Crippen molar-refractivity contribution in [2.75, 3.05) is 6.54 Å². The first-order valence-electron chi connectivity index (χ1n) is 8.15. The van der Waals surface area contributed by atoms with Crippen LogP contribution in [0, 0.1) is 0 Å². The Bertz CT molecular complexity index is 783. The number of thiazole rings is 2. The average molecular weight is 403 g/mol. The minimum absolute atomic E-state index is 0.0789. The van der Waals surface area contributed by atoms with Crippen LogP contribution >= 0.6 is 22.7 Å². The van der Waals surface area contributed by atoms with Crippen LogP contribution < -0.4 is 5.32 Å². The molecule has 5 nitrogen and oxygen atoms in total. The van der Waals surface area contributed by atoms with Crippen molar-refractivity contribution in [2.24, 2.45) is 0 Å². The summed E-state index contributed by atoms with van der Waals surface area (Å²) < 4.78 is 36.4. The second-order valence-corrected chi connectivity index (χ2v) is 7.90. The van der Waals surface area contributed by atoms with Gasteiger partial charge in [0.05, 0.1) is 0 Å². The Hall–Kier alpha value is -1.81. The van der Waals surface area contributed by atoms with Gasteiger partial charge in [-0.05, 0) is 31.6 Å². The minimum atomic E-state index is -4.78. The van der Waals surface area contributed by atoms with E-state index in [0.29, 0.717) is 23.0 Å². The van der Waals surface area contributed by atoms with Gasteiger partial charge in [0.1, 0.15) is 5.69 Å². The molecular formula is C16H16F3N3O2S2. The molecule has 26 heavy (non-hydrogen) atoms. The quantitative estimate of drug-likeness (QED) is 0.672. The van der Waals surface area contributed by atoms with E-state index in [1.807, 2.05) is 5.38 Å². The summed E-state index contributed by atoms with van der Waals surface area (Å²) in [5, 5.41) is 6.01. The van der Waals surface area contributed by atoms with Crippen LogP contribution in [-0.4, -0.2) is 34.4 Å². The van der Waals surface area contributed by atoms with Crippen molar-refractivity contribution in [3.8, 4) is 10.0 Å². The lowest BCUT2D eigenvalue weighted by Gasteiger charge is -2.06. The van der Waals surface area contributed by atoms with Crippen molar-refractivity contribution in [3.05, 3.63) is 22.1 Å². The summed E-state index contributed by atoms with van der Waals surface area (Å²) in [6.45, 7) is 0.207. The molecular weight excluding hydrogens is 387 g/mol. The Morgan fingerprint density at radius 2 is 2.00 bits per heavy atom. The number of rotatable bonds is 8. The molecule has 0 radical (unpaired) electrons. The Morgan fingerprint density at radius 3 is 2.62 bits per heavy atom. The predicted octanol–water partition coefficient (Wildman–Crippen LogP) is 4.18. The number of ketones is 1. The number of hydrogen-bond donors (Lipinski definition) is 1.